The lowest BCUT2D eigenvalue weighted by molar-refractivity contribution is 0.277. The SMILES string of the molecule is COc1ccc(-c2ncc(CO)[nH]2)cc1C. The summed E-state index contributed by atoms with van der Waals surface area (Å²) < 4.78 is 5.19. The van der Waals surface area contributed by atoms with Crippen molar-refractivity contribution in [3.8, 4) is 17.1 Å². The molecule has 0 saturated heterocycles. The first-order chi connectivity index (χ1) is 7.74. The fourth-order valence-corrected chi connectivity index (χ4v) is 1.61. The molecule has 4 nitrogen and oxygen atoms in total. The molecule has 2 rings (SSSR count). The Morgan fingerprint density at radius 3 is 2.81 bits per heavy atom. The van der Waals surface area contributed by atoms with Crippen LogP contribution in [-0.2, 0) is 6.61 Å². The normalized spacial score (nSPS) is 10.4. The highest BCUT2D eigenvalue weighted by atomic mass is 16.5. The second-order valence-corrected chi connectivity index (χ2v) is 3.60. The Kier molecular flexibility index (Phi) is 2.92. The van der Waals surface area contributed by atoms with Gasteiger partial charge in [0.15, 0.2) is 0 Å². The first kappa shape index (κ1) is 10.7. The molecule has 0 amide bonds. The van der Waals surface area contributed by atoms with E-state index in [0.29, 0.717) is 5.69 Å². The molecule has 0 aliphatic rings. The number of hydrogen-bond donors (Lipinski definition) is 2. The van der Waals surface area contributed by atoms with E-state index in [1.54, 1.807) is 13.3 Å². The van der Waals surface area contributed by atoms with E-state index in [4.69, 9.17) is 9.84 Å². The van der Waals surface area contributed by atoms with Crippen LogP contribution in [0.3, 0.4) is 0 Å². The number of hydrogen-bond acceptors (Lipinski definition) is 3. The van der Waals surface area contributed by atoms with Gasteiger partial charge in [-0.25, -0.2) is 4.98 Å². The van der Waals surface area contributed by atoms with E-state index in [0.717, 1.165) is 22.7 Å². The Morgan fingerprint density at radius 1 is 1.44 bits per heavy atom. The number of nitrogens with one attached hydrogen (secondary N) is 1. The molecule has 84 valence electrons. The number of imidazole rings is 1. The molecule has 1 aromatic heterocycles. The summed E-state index contributed by atoms with van der Waals surface area (Å²) in [6, 6.07) is 5.84. The van der Waals surface area contributed by atoms with Crippen molar-refractivity contribution in [2.75, 3.05) is 7.11 Å². The second kappa shape index (κ2) is 4.37. The van der Waals surface area contributed by atoms with Gasteiger partial charge in [-0.2, -0.15) is 0 Å². The maximum Gasteiger partial charge on any atom is 0.137 e. The summed E-state index contributed by atoms with van der Waals surface area (Å²) in [4.78, 5) is 7.24. The van der Waals surface area contributed by atoms with Gasteiger partial charge in [0.25, 0.3) is 0 Å². The van der Waals surface area contributed by atoms with Crippen molar-refractivity contribution >= 4 is 0 Å². The van der Waals surface area contributed by atoms with Gasteiger partial charge in [0.05, 0.1) is 25.6 Å². The second-order valence-electron chi connectivity index (χ2n) is 3.60. The first-order valence-corrected chi connectivity index (χ1v) is 5.04. The van der Waals surface area contributed by atoms with Crippen LogP contribution >= 0.6 is 0 Å². The minimum atomic E-state index is -0.0257. The predicted molar refractivity (Wildman–Crippen MR) is 61.2 cm³/mol. The first-order valence-electron chi connectivity index (χ1n) is 5.04. The van der Waals surface area contributed by atoms with Crippen LogP contribution in [0.1, 0.15) is 11.3 Å². The van der Waals surface area contributed by atoms with E-state index in [2.05, 4.69) is 9.97 Å². The summed E-state index contributed by atoms with van der Waals surface area (Å²) in [6.07, 6.45) is 1.63. The van der Waals surface area contributed by atoms with Crippen molar-refractivity contribution < 1.29 is 9.84 Å². The third-order valence-corrected chi connectivity index (χ3v) is 2.47. The molecule has 0 unspecified atom stereocenters. The molecule has 0 aliphatic carbocycles. The minimum absolute atomic E-state index is 0.0257. The molecule has 16 heavy (non-hydrogen) atoms. The number of benzene rings is 1. The van der Waals surface area contributed by atoms with Gasteiger partial charge in [-0.15, -0.1) is 0 Å². The van der Waals surface area contributed by atoms with Crippen molar-refractivity contribution in [2.24, 2.45) is 0 Å². The van der Waals surface area contributed by atoms with Crippen molar-refractivity contribution in [1.29, 1.82) is 0 Å². The highest BCUT2D eigenvalue weighted by Crippen LogP contribution is 2.24. The molecule has 0 atom stereocenters. The molecule has 1 aromatic carbocycles. The number of aliphatic hydroxyl groups is 1. The number of aromatic nitrogens is 2. The van der Waals surface area contributed by atoms with E-state index in [1.165, 1.54) is 0 Å². The molecule has 0 spiro atoms. The highest BCUT2D eigenvalue weighted by molar-refractivity contribution is 5.58. The van der Waals surface area contributed by atoms with Gasteiger partial charge >= 0.3 is 0 Å². The summed E-state index contributed by atoms with van der Waals surface area (Å²) in [6.45, 7) is 1.96. The number of rotatable bonds is 3. The van der Waals surface area contributed by atoms with Crippen LogP contribution in [0.5, 0.6) is 5.75 Å². The van der Waals surface area contributed by atoms with Crippen molar-refractivity contribution in [1.82, 2.24) is 9.97 Å². The molecule has 0 fully saturated rings. The quantitative estimate of drug-likeness (QED) is 0.827. The summed E-state index contributed by atoms with van der Waals surface area (Å²) >= 11 is 0. The van der Waals surface area contributed by atoms with Crippen LogP contribution in [0.2, 0.25) is 0 Å². The van der Waals surface area contributed by atoms with Gasteiger partial charge < -0.3 is 14.8 Å². The Balaban J connectivity index is 2.37. The standard InChI is InChI=1S/C12H14N2O2/c1-8-5-9(3-4-11(8)16-2)12-13-6-10(7-15)14-12/h3-6,15H,7H2,1-2H3,(H,13,14). The van der Waals surface area contributed by atoms with Gasteiger partial charge in [0, 0.05) is 5.56 Å². The molecule has 0 radical (unpaired) electrons. The molecular weight excluding hydrogens is 204 g/mol. The molecule has 2 N–H and O–H groups in total. The van der Waals surface area contributed by atoms with Crippen LogP contribution in [0, 0.1) is 6.92 Å². The maximum absolute atomic E-state index is 8.94. The number of H-pyrrole nitrogens is 1. The van der Waals surface area contributed by atoms with Gasteiger partial charge in [-0.05, 0) is 30.7 Å². The van der Waals surface area contributed by atoms with Crippen LogP contribution < -0.4 is 4.74 Å². The Morgan fingerprint density at radius 2 is 2.25 bits per heavy atom. The van der Waals surface area contributed by atoms with Gasteiger partial charge in [-0.1, -0.05) is 0 Å². The fourth-order valence-electron chi connectivity index (χ4n) is 1.61. The lowest BCUT2D eigenvalue weighted by Crippen LogP contribution is -1.89. The summed E-state index contributed by atoms with van der Waals surface area (Å²) in [5.74, 6) is 1.62. The Hall–Kier alpha value is -1.81. The average Bonchev–Trinajstić information content (AvgIpc) is 2.77. The van der Waals surface area contributed by atoms with Gasteiger partial charge in [0.2, 0.25) is 0 Å². The lowest BCUT2D eigenvalue weighted by atomic mass is 10.1. The van der Waals surface area contributed by atoms with Crippen molar-refractivity contribution in [3.05, 3.63) is 35.7 Å². The number of aryl methyl sites for hydroxylation is 1. The molecule has 2 aromatic rings. The molecule has 4 heteroatoms. The number of nitrogens with zero attached hydrogens (tertiary/aromatic N) is 1. The summed E-state index contributed by atoms with van der Waals surface area (Å²) in [7, 11) is 1.65. The zero-order chi connectivity index (χ0) is 11.5. The van der Waals surface area contributed by atoms with E-state index in [9.17, 15) is 0 Å². The molecule has 0 saturated carbocycles. The summed E-state index contributed by atoms with van der Waals surface area (Å²) in [5, 5.41) is 8.94. The lowest BCUT2D eigenvalue weighted by Gasteiger charge is -2.05. The summed E-state index contributed by atoms with van der Waals surface area (Å²) in [5.41, 5.74) is 2.75. The number of aromatic amines is 1. The fraction of sp³-hybridized carbons (Fsp3) is 0.250. The third kappa shape index (κ3) is 1.92. The zero-order valence-electron chi connectivity index (χ0n) is 9.32. The molecule has 1 heterocycles. The monoisotopic (exact) mass is 218 g/mol. The van der Waals surface area contributed by atoms with E-state index >= 15 is 0 Å². The number of methoxy groups -OCH3 is 1. The third-order valence-electron chi connectivity index (χ3n) is 2.47. The highest BCUT2D eigenvalue weighted by Gasteiger charge is 2.05. The zero-order valence-corrected chi connectivity index (χ0v) is 9.32. The smallest absolute Gasteiger partial charge is 0.137 e. The average molecular weight is 218 g/mol. The topological polar surface area (TPSA) is 58.1 Å². The van der Waals surface area contributed by atoms with Crippen LogP contribution in [0.25, 0.3) is 11.4 Å². The van der Waals surface area contributed by atoms with Crippen LogP contribution in [0.4, 0.5) is 0 Å². The van der Waals surface area contributed by atoms with E-state index in [1.807, 2.05) is 25.1 Å². The molecular formula is C12H14N2O2. The number of aliphatic hydroxyl groups excluding tert-OH is 1. The predicted octanol–water partition coefficient (Wildman–Crippen LogP) is 1.89. The van der Waals surface area contributed by atoms with E-state index in [-0.39, 0.29) is 6.61 Å². The van der Waals surface area contributed by atoms with E-state index < -0.39 is 0 Å². The number of ether oxygens (including phenoxy) is 1. The van der Waals surface area contributed by atoms with Crippen LogP contribution in [0.15, 0.2) is 24.4 Å². The van der Waals surface area contributed by atoms with Gasteiger partial charge in [-0.3, -0.25) is 0 Å². The van der Waals surface area contributed by atoms with Crippen molar-refractivity contribution in [3.63, 3.8) is 0 Å². The Labute approximate surface area is 93.9 Å². The largest absolute Gasteiger partial charge is 0.496 e. The van der Waals surface area contributed by atoms with Crippen molar-refractivity contribution in [2.45, 2.75) is 13.5 Å². The minimum Gasteiger partial charge on any atom is -0.496 e. The Bertz CT molecular complexity index is 492. The van der Waals surface area contributed by atoms with Crippen LogP contribution in [-0.4, -0.2) is 22.2 Å². The molecule has 0 bridgehead atoms. The van der Waals surface area contributed by atoms with Gasteiger partial charge in [0.1, 0.15) is 11.6 Å². The molecule has 0 aliphatic heterocycles. The maximum atomic E-state index is 8.94.